The minimum atomic E-state index is -3.91. The van der Waals surface area contributed by atoms with Crippen molar-refractivity contribution in [3.05, 3.63) is 0 Å². The van der Waals surface area contributed by atoms with Crippen molar-refractivity contribution in [1.82, 2.24) is 9.44 Å². The average molecular weight is 519 g/mol. The highest BCUT2D eigenvalue weighted by Gasteiger charge is 2.17. The van der Waals surface area contributed by atoms with Gasteiger partial charge in [-0.25, -0.2) is 9.52 Å². The summed E-state index contributed by atoms with van der Waals surface area (Å²) in [5.74, 6) is 0. The minimum Gasteiger partial charge on any atom is -0.452 e. The summed E-state index contributed by atoms with van der Waals surface area (Å²) in [7, 11) is -1.86. The summed E-state index contributed by atoms with van der Waals surface area (Å²) < 4.78 is 44.8. The number of carbonyl (C=O) groups is 1. The normalized spacial score (nSPS) is 15.8. The summed E-state index contributed by atoms with van der Waals surface area (Å²) >= 11 is 0. The third kappa shape index (κ3) is 37.3. The molecule has 1 rings (SSSR count). The number of carbonyl (C=O) groups excluding carboxylic acids is 1. The van der Waals surface area contributed by atoms with Crippen LogP contribution in [-0.4, -0.2) is 114 Å². The molecule has 34 heavy (non-hydrogen) atoms. The molecule has 13 nitrogen and oxygen atoms in total. The smallest absolute Gasteiger partial charge is 0.421 e. The van der Waals surface area contributed by atoms with Crippen LogP contribution in [0, 0.1) is 25.7 Å². The van der Waals surface area contributed by atoms with Gasteiger partial charge in [0, 0.05) is 20.1 Å². The molecule has 1 saturated heterocycles. The summed E-state index contributed by atoms with van der Waals surface area (Å²) in [5, 5.41) is 33.0. The lowest BCUT2D eigenvalue weighted by Crippen LogP contribution is -2.41. The molecular formula is C20H42N2O11S. The minimum absolute atomic E-state index is 0.00628. The van der Waals surface area contributed by atoms with Gasteiger partial charge >= 0.3 is 16.3 Å². The highest BCUT2D eigenvalue weighted by atomic mass is 32.2. The van der Waals surface area contributed by atoms with E-state index >= 15 is 0 Å². The van der Waals surface area contributed by atoms with E-state index in [0.717, 1.165) is 14.2 Å². The van der Waals surface area contributed by atoms with E-state index in [0.29, 0.717) is 26.2 Å². The molecule has 0 radical (unpaired) electrons. The Bertz CT molecular complexity index is 529. The molecule has 14 heteroatoms. The molecule has 0 aromatic carbocycles. The number of methoxy groups -OCH3 is 1. The lowest BCUT2D eigenvalue weighted by Gasteiger charge is -2.21. The van der Waals surface area contributed by atoms with Crippen LogP contribution in [0.5, 0.6) is 0 Å². The van der Waals surface area contributed by atoms with E-state index in [1.807, 2.05) is 13.8 Å². The van der Waals surface area contributed by atoms with Crippen LogP contribution >= 0.6 is 0 Å². The second-order valence-corrected chi connectivity index (χ2v) is 6.52. The maximum atomic E-state index is 11.1. The number of nitrogens with one attached hydrogen (secondary N) is 2. The fraction of sp³-hybridized carbons (Fsp3) is 0.750. The van der Waals surface area contributed by atoms with Gasteiger partial charge in [-0.1, -0.05) is 13.8 Å². The first kappa shape index (κ1) is 42.2. The molecule has 0 saturated carbocycles. The highest BCUT2D eigenvalue weighted by molar-refractivity contribution is 7.88. The van der Waals surface area contributed by atoms with Gasteiger partial charge in [-0.3, -0.25) is 0 Å². The molecule has 0 bridgehead atoms. The predicted molar refractivity (Wildman–Crippen MR) is 128 cm³/mol. The van der Waals surface area contributed by atoms with E-state index in [-0.39, 0.29) is 33.0 Å². The Morgan fingerprint density at radius 1 is 0.971 bits per heavy atom. The Hall–Kier alpha value is -1.98. The van der Waals surface area contributed by atoms with Crippen molar-refractivity contribution < 1.29 is 52.6 Å². The molecule has 0 spiro atoms. The van der Waals surface area contributed by atoms with Gasteiger partial charge in [0.1, 0.15) is 0 Å². The van der Waals surface area contributed by atoms with Gasteiger partial charge < -0.3 is 39.4 Å². The van der Waals surface area contributed by atoms with Crippen LogP contribution in [0.4, 0.5) is 4.79 Å². The first-order chi connectivity index (χ1) is 16.3. The monoisotopic (exact) mass is 518 g/mol. The van der Waals surface area contributed by atoms with Crippen LogP contribution in [0.25, 0.3) is 0 Å². The van der Waals surface area contributed by atoms with Gasteiger partial charge in [0.05, 0.1) is 65.6 Å². The molecule has 1 fully saturated rings. The van der Waals surface area contributed by atoms with Crippen LogP contribution < -0.4 is 9.44 Å². The van der Waals surface area contributed by atoms with Gasteiger partial charge in [-0.2, -0.15) is 13.1 Å². The number of ether oxygens (including phenoxy) is 4. The first-order valence-corrected chi connectivity index (χ1v) is 11.5. The van der Waals surface area contributed by atoms with Gasteiger partial charge in [0.15, 0.2) is 0 Å². The maximum Gasteiger partial charge on any atom is 0.421 e. The fourth-order valence-corrected chi connectivity index (χ4v) is 2.34. The molecular weight excluding hydrogens is 476 g/mol. The molecule has 0 aromatic heterocycles. The molecule has 0 aromatic rings. The Balaban J connectivity index is -0.000000145. The standard InChI is InChI=1S/C8H18N2O7S.C5H10O3.C2H6.2C2H2.CH4O/c1-15-8(12)10-18(13,14)9-2-4-16-6-7-17-5-3-11;6-4-1-5(7)3-8-2-4;4*1-2/h9,11H,2-7H2,1H3,(H,10,12);4-7H,1-3H2;1-2H3;2*1-2H;2H,1H3/t;4-,5+;;;;. The molecule has 1 aliphatic heterocycles. The van der Waals surface area contributed by atoms with E-state index in [1.165, 1.54) is 0 Å². The second kappa shape index (κ2) is 35.6. The van der Waals surface area contributed by atoms with Gasteiger partial charge in [0.25, 0.3) is 0 Å². The SMILES string of the molecule is C#C.C#C.CC.CO.COC(=O)NS(=O)(=O)NCCOCCOCCO.O[C@@H]1COC[C@H](O)C1. The highest BCUT2D eigenvalue weighted by Crippen LogP contribution is 2.05. The van der Waals surface area contributed by atoms with Crippen LogP contribution in [0.3, 0.4) is 0 Å². The zero-order valence-electron chi connectivity index (χ0n) is 20.4. The first-order valence-electron chi connectivity index (χ1n) is 9.97. The molecule has 1 amide bonds. The molecule has 1 heterocycles. The van der Waals surface area contributed by atoms with Crippen LogP contribution in [0.15, 0.2) is 0 Å². The topological polar surface area (TPSA) is 193 Å². The van der Waals surface area contributed by atoms with Crippen molar-refractivity contribution in [1.29, 1.82) is 0 Å². The van der Waals surface area contributed by atoms with Gasteiger partial charge in [-0.05, 0) is 0 Å². The van der Waals surface area contributed by atoms with Crippen molar-refractivity contribution in [2.24, 2.45) is 0 Å². The predicted octanol–water partition coefficient (Wildman–Crippen LogP) is -1.54. The number of rotatable bonds is 10. The molecule has 0 aliphatic carbocycles. The van der Waals surface area contributed by atoms with E-state index in [4.69, 9.17) is 34.6 Å². The Kier molecular flexibility index (Phi) is 44.2. The zero-order valence-corrected chi connectivity index (χ0v) is 21.2. The third-order valence-electron chi connectivity index (χ3n) is 2.71. The van der Waals surface area contributed by atoms with Crippen LogP contribution in [-0.2, 0) is 29.2 Å². The Labute approximate surface area is 203 Å². The van der Waals surface area contributed by atoms with Crippen molar-refractivity contribution in [3.63, 3.8) is 0 Å². The van der Waals surface area contributed by atoms with E-state index in [9.17, 15) is 13.2 Å². The van der Waals surface area contributed by atoms with Crippen molar-refractivity contribution in [3.8, 4) is 25.7 Å². The number of aliphatic hydroxyl groups excluding tert-OH is 4. The summed E-state index contributed by atoms with van der Waals surface area (Å²) in [6, 6.07) is 0. The van der Waals surface area contributed by atoms with E-state index < -0.39 is 28.5 Å². The average Bonchev–Trinajstić information content (AvgIpc) is 2.85. The summed E-state index contributed by atoms with van der Waals surface area (Å²) in [6.45, 7) is 5.66. The van der Waals surface area contributed by atoms with Gasteiger partial charge in [-0.15, -0.1) is 25.7 Å². The lowest BCUT2D eigenvalue weighted by atomic mass is 10.1. The summed E-state index contributed by atoms with van der Waals surface area (Å²) in [6.07, 6.45) is 14.5. The van der Waals surface area contributed by atoms with E-state index in [2.05, 4.69) is 35.2 Å². The lowest BCUT2D eigenvalue weighted by molar-refractivity contribution is -0.0715. The molecule has 6 N–H and O–H groups in total. The molecule has 0 unspecified atom stereocenters. The van der Waals surface area contributed by atoms with Gasteiger partial charge in [0.2, 0.25) is 0 Å². The third-order valence-corrected chi connectivity index (χ3v) is 3.73. The summed E-state index contributed by atoms with van der Waals surface area (Å²) in [5.41, 5.74) is 0. The molecule has 1 aliphatic rings. The number of aliphatic hydroxyl groups is 4. The van der Waals surface area contributed by atoms with Crippen molar-refractivity contribution >= 4 is 16.3 Å². The second-order valence-electron chi connectivity index (χ2n) is 5.02. The molecule has 204 valence electrons. The van der Waals surface area contributed by atoms with Crippen molar-refractivity contribution in [2.45, 2.75) is 32.5 Å². The number of terminal acetylenes is 2. The fourth-order valence-electron chi connectivity index (χ4n) is 1.61. The summed E-state index contributed by atoms with van der Waals surface area (Å²) in [4.78, 5) is 10.6. The Morgan fingerprint density at radius 3 is 1.76 bits per heavy atom. The Morgan fingerprint density at radius 2 is 1.41 bits per heavy atom. The van der Waals surface area contributed by atoms with Crippen molar-refractivity contribution in [2.75, 3.05) is 67.0 Å². The number of hydrogen-bond acceptors (Lipinski definition) is 11. The number of hydrogen-bond donors (Lipinski definition) is 6. The molecule has 2 atom stereocenters. The quantitative estimate of drug-likeness (QED) is 0.145. The number of amides is 1. The van der Waals surface area contributed by atoms with Crippen LogP contribution in [0.2, 0.25) is 0 Å². The maximum absolute atomic E-state index is 11.1. The van der Waals surface area contributed by atoms with E-state index in [1.54, 1.807) is 4.72 Å². The van der Waals surface area contributed by atoms with Crippen LogP contribution in [0.1, 0.15) is 20.3 Å². The largest absolute Gasteiger partial charge is 0.452 e. The zero-order chi connectivity index (χ0) is 27.8.